The van der Waals surface area contributed by atoms with E-state index in [0.717, 1.165) is 19.0 Å². The van der Waals surface area contributed by atoms with Crippen molar-refractivity contribution < 1.29 is 4.79 Å². The highest BCUT2D eigenvalue weighted by molar-refractivity contribution is 5.77. The lowest BCUT2D eigenvalue weighted by Gasteiger charge is -2.24. The minimum absolute atomic E-state index is 0.145. The molecule has 0 unspecified atom stereocenters. The molecule has 0 aromatic carbocycles. The molecule has 106 valence electrons. The Bertz CT molecular complexity index is 247. The van der Waals surface area contributed by atoms with Crippen LogP contribution in [-0.2, 0) is 4.79 Å². The molecular weight excluding hydrogens is 224 g/mol. The summed E-state index contributed by atoms with van der Waals surface area (Å²) in [6.07, 6.45) is 7.69. The summed E-state index contributed by atoms with van der Waals surface area (Å²) in [5.74, 6) is 0.908. The predicted octanol–water partition coefficient (Wildman–Crippen LogP) is 2.71. The van der Waals surface area contributed by atoms with E-state index in [1.54, 1.807) is 0 Å². The first-order valence-electron chi connectivity index (χ1n) is 7.51. The molecule has 0 heterocycles. The van der Waals surface area contributed by atoms with E-state index in [0.29, 0.717) is 12.0 Å². The second-order valence-corrected chi connectivity index (χ2v) is 6.47. The van der Waals surface area contributed by atoms with Gasteiger partial charge in [-0.25, -0.2) is 0 Å². The summed E-state index contributed by atoms with van der Waals surface area (Å²) in [5.41, 5.74) is 0.298. The van der Waals surface area contributed by atoms with Gasteiger partial charge in [-0.3, -0.25) is 4.79 Å². The predicted molar refractivity (Wildman–Crippen MR) is 76.5 cm³/mol. The van der Waals surface area contributed by atoms with Crippen LogP contribution in [-0.4, -0.2) is 25.5 Å². The zero-order valence-electron chi connectivity index (χ0n) is 12.3. The second kappa shape index (κ2) is 7.78. The fraction of sp³-hybridized carbons (Fsp3) is 0.933. The standard InChI is InChI=1S/C15H30N2O/c1-4-5-6-9-15(2,3)12-16-11-14(18)17-10-13-7-8-13/h13,16H,4-12H2,1-3H3,(H,17,18). The Morgan fingerprint density at radius 2 is 2.00 bits per heavy atom. The summed E-state index contributed by atoms with van der Waals surface area (Å²) in [5, 5.41) is 6.27. The summed E-state index contributed by atoms with van der Waals surface area (Å²) >= 11 is 0. The summed E-state index contributed by atoms with van der Waals surface area (Å²) in [7, 11) is 0. The van der Waals surface area contributed by atoms with Crippen LogP contribution < -0.4 is 10.6 Å². The Morgan fingerprint density at radius 3 is 2.61 bits per heavy atom. The molecule has 1 aliphatic rings. The van der Waals surface area contributed by atoms with Gasteiger partial charge in [0.2, 0.25) is 5.91 Å². The molecule has 0 radical (unpaired) electrons. The van der Waals surface area contributed by atoms with Crippen molar-refractivity contribution in [2.45, 2.75) is 59.3 Å². The van der Waals surface area contributed by atoms with Crippen LogP contribution in [0.4, 0.5) is 0 Å². The Balaban J connectivity index is 2.01. The molecule has 0 spiro atoms. The zero-order valence-corrected chi connectivity index (χ0v) is 12.3. The number of hydrogen-bond acceptors (Lipinski definition) is 2. The number of hydrogen-bond donors (Lipinski definition) is 2. The van der Waals surface area contributed by atoms with E-state index in [-0.39, 0.29) is 5.91 Å². The van der Waals surface area contributed by atoms with Gasteiger partial charge in [0.1, 0.15) is 0 Å². The summed E-state index contributed by atoms with van der Waals surface area (Å²) in [6.45, 7) is 9.04. The van der Waals surface area contributed by atoms with Crippen molar-refractivity contribution in [2.24, 2.45) is 11.3 Å². The van der Waals surface area contributed by atoms with Gasteiger partial charge < -0.3 is 10.6 Å². The van der Waals surface area contributed by atoms with E-state index < -0.39 is 0 Å². The van der Waals surface area contributed by atoms with Gasteiger partial charge in [0.15, 0.2) is 0 Å². The first-order chi connectivity index (χ1) is 8.53. The third-order valence-electron chi connectivity index (χ3n) is 3.63. The smallest absolute Gasteiger partial charge is 0.233 e. The highest BCUT2D eigenvalue weighted by Gasteiger charge is 2.21. The lowest BCUT2D eigenvalue weighted by molar-refractivity contribution is -0.120. The van der Waals surface area contributed by atoms with Gasteiger partial charge in [-0.15, -0.1) is 0 Å². The van der Waals surface area contributed by atoms with Crippen LogP contribution in [0.1, 0.15) is 59.3 Å². The van der Waals surface area contributed by atoms with Gasteiger partial charge in [0.25, 0.3) is 0 Å². The van der Waals surface area contributed by atoms with E-state index in [1.165, 1.54) is 38.5 Å². The molecule has 0 aromatic heterocycles. The zero-order chi connectivity index (χ0) is 13.4. The number of unbranched alkanes of at least 4 members (excludes halogenated alkanes) is 2. The normalized spacial score (nSPS) is 15.7. The minimum Gasteiger partial charge on any atom is -0.355 e. The van der Waals surface area contributed by atoms with Crippen LogP contribution in [0.25, 0.3) is 0 Å². The largest absolute Gasteiger partial charge is 0.355 e. The van der Waals surface area contributed by atoms with Crippen LogP contribution in [0.2, 0.25) is 0 Å². The summed E-state index contributed by atoms with van der Waals surface area (Å²) in [6, 6.07) is 0. The molecule has 1 amide bonds. The second-order valence-electron chi connectivity index (χ2n) is 6.47. The van der Waals surface area contributed by atoms with Crippen molar-refractivity contribution in [1.82, 2.24) is 10.6 Å². The number of nitrogens with one attached hydrogen (secondary N) is 2. The Hall–Kier alpha value is -0.570. The maximum Gasteiger partial charge on any atom is 0.233 e. The quantitative estimate of drug-likeness (QED) is 0.589. The maximum atomic E-state index is 11.5. The van der Waals surface area contributed by atoms with E-state index in [9.17, 15) is 4.79 Å². The topological polar surface area (TPSA) is 41.1 Å². The van der Waals surface area contributed by atoms with Crippen molar-refractivity contribution in [3.63, 3.8) is 0 Å². The SMILES string of the molecule is CCCCCC(C)(C)CNCC(=O)NCC1CC1. The molecule has 0 bridgehead atoms. The number of amides is 1. The summed E-state index contributed by atoms with van der Waals surface area (Å²) in [4.78, 5) is 11.5. The van der Waals surface area contributed by atoms with Gasteiger partial charge >= 0.3 is 0 Å². The average molecular weight is 254 g/mol. The van der Waals surface area contributed by atoms with Crippen molar-refractivity contribution in [1.29, 1.82) is 0 Å². The molecule has 1 fully saturated rings. The number of rotatable bonds is 10. The molecule has 1 aliphatic carbocycles. The van der Waals surface area contributed by atoms with Gasteiger partial charge in [-0.05, 0) is 30.6 Å². The van der Waals surface area contributed by atoms with Crippen LogP contribution >= 0.6 is 0 Å². The molecule has 0 aliphatic heterocycles. The fourth-order valence-electron chi connectivity index (χ4n) is 2.10. The molecule has 3 heteroatoms. The van der Waals surface area contributed by atoms with Crippen LogP contribution in [0.5, 0.6) is 0 Å². The van der Waals surface area contributed by atoms with Gasteiger partial charge in [0, 0.05) is 13.1 Å². The van der Waals surface area contributed by atoms with E-state index in [1.807, 2.05) is 0 Å². The highest BCUT2D eigenvalue weighted by atomic mass is 16.1. The van der Waals surface area contributed by atoms with Gasteiger partial charge in [-0.2, -0.15) is 0 Å². The molecule has 0 saturated heterocycles. The molecule has 1 rings (SSSR count). The Labute approximate surface area is 112 Å². The average Bonchev–Trinajstić information content (AvgIpc) is 3.10. The highest BCUT2D eigenvalue weighted by Crippen LogP contribution is 2.27. The fourth-order valence-corrected chi connectivity index (χ4v) is 2.10. The molecule has 0 aromatic rings. The van der Waals surface area contributed by atoms with Crippen LogP contribution in [0.15, 0.2) is 0 Å². The molecule has 0 atom stereocenters. The van der Waals surface area contributed by atoms with Gasteiger partial charge in [0.05, 0.1) is 6.54 Å². The molecular formula is C15H30N2O. The third-order valence-corrected chi connectivity index (χ3v) is 3.63. The Morgan fingerprint density at radius 1 is 1.28 bits per heavy atom. The molecule has 2 N–H and O–H groups in total. The van der Waals surface area contributed by atoms with E-state index in [4.69, 9.17) is 0 Å². The van der Waals surface area contributed by atoms with Crippen molar-refractivity contribution in [3.05, 3.63) is 0 Å². The van der Waals surface area contributed by atoms with Crippen molar-refractivity contribution in [2.75, 3.05) is 19.6 Å². The van der Waals surface area contributed by atoms with Crippen LogP contribution in [0, 0.1) is 11.3 Å². The van der Waals surface area contributed by atoms with E-state index in [2.05, 4.69) is 31.4 Å². The first-order valence-corrected chi connectivity index (χ1v) is 7.51. The summed E-state index contributed by atoms with van der Waals surface area (Å²) < 4.78 is 0. The Kier molecular flexibility index (Phi) is 6.69. The third kappa shape index (κ3) is 7.70. The van der Waals surface area contributed by atoms with Crippen molar-refractivity contribution >= 4 is 5.91 Å². The maximum absolute atomic E-state index is 11.5. The number of carbonyl (C=O) groups excluding carboxylic acids is 1. The van der Waals surface area contributed by atoms with E-state index >= 15 is 0 Å². The molecule has 1 saturated carbocycles. The minimum atomic E-state index is 0.145. The molecule has 18 heavy (non-hydrogen) atoms. The first kappa shape index (κ1) is 15.5. The lowest BCUT2D eigenvalue weighted by Crippen LogP contribution is -2.38. The molecule has 3 nitrogen and oxygen atoms in total. The van der Waals surface area contributed by atoms with Gasteiger partial charge in [-0.1, -0.05) is 40.0 Å². The monoisotopic (exact) mass is 254 g/mol. The van der Waals surface area contributed by atoms with Crippen LogP contribution in [0.3, 0.4) is 0 Å². The number of carbonyl (C=O) groups is 1. The lowest BCUT2D eigenvalue weighted by atomic mass is 9.87. The van der Waals surface area contributed by atoms with Crippen molar-refractivity contribution in [3.8, 4) is 0 Å².